The summed E-state index contributed by atoms with van der Waals surface area (Å²) < 4.78 is 0. The lowest BCUT2D eigenvalue weighted by Gasteiger charge is -2.24. The molecule has 0 aromatic heterocycles. The molecule has 0 aliphatic heterocycles. The second-order valence-corrected chi connectivity index (χ2v) is 5.28. The molecule has 2 nitrogen and oxygen atoms in total. The highest BCUT2D eigenvalue weighted by Gasteiger charge is 2.15. The van der Waals surface area contributed by atoms with E-state index >= 15 is 0 Å². The Balaban J connectivity index is 2.45. The van der Waals surface area contributed by atoms with Crippen LogP contribution in [0.1, 0.15) is 45.3 Å². The first-order chi connectivity index (χ1) is 8.58. The SMILES string of the molecule is CCC(CC)C(C)NCC(O)c1ccc(Cl)cc1. The predicted molar refractivity (Wildman–Crippen MR) is 77.9 cm³/mol. The molecule has 2 atom stereocenters. The van der Waals surface area contributed by atoms with Crippen LogP contribution in [0.4, 0.5) is 0 Å². The third-order valence-corrected chi connectivity index (χ3v) is 3.90. The molecule has 0 bridgehead atoms. The van der Waals surface area contributed by atoms with Gasteiger partial charge in [-0.3, -0.25) is 0 Å². The Morgan fingerprint density at radius 1 is 1.17 bits per heavy atom. The average molecular weight is 270 g/mol. The number of hydrogen-bond acceptors (Lipinski definition) is 2. The van der Waals surface area contributed by atoms with E-state index in [1.807, 2.05) is 24.3 Å². The summed E-state index contributed by atoms with van der Waals surface area (Å²) in [5.74, 6) is 0.669. The standard InChI is InChI=1S/C15H24ClNO/c1-4-12(5-2)11(3)17-10-15(18)13-6-8-14(16)9-7-13/h6-9,11-12,15,17-18H,4-5,10H2,1-3H3. The molecule has 18 heavy (non-hydrogen) atoms. The van der Waals surface area contributed by atoms with Crippen LogP contribution in [0.15, 0.2) is 24.3 Å². The van der Waals surface area contributed by atoms with Crippen LogP contribution in [0, 0.1) is 5.92 Å². The van der Waals surface area contributed by atoms with E-state index < -0.39 is 6.10 Å². The van der Waals surface area contributed by atoms with Gasteiger partial charge in [-0.25, -0.2) is 0 Å². The van der Waals surface area contributed by atoms with Crippen LogP contribution in [0.2, 0.25) is 5.02 Å². The third-order valence-electron chi connectivity index (χ3n) is 3.64. The van der Waals surface area contributed by atoms with E-state index in [0.717, 1.165) is 5.56 Å². The molecule has 102 valence electrons. The highest BCUT2D eigenvalue weighted by Crippen LogP contribution is 2.17. The van der Waals surface area contributed by atoms with Crippen molar-refractivity contribution in [3.63, 3.8) is 0 Å². The molecule has 0 saturated heterocycles. The van der Waals surface area contributed by atoms with Gasteiger partial charge < -0.3 is 10.4 Å². The topological polar surface area (TPSA) is 32.3 Å². The van der Waals surface area contributed by atoms with Crippen LogP contribution in [-0.4, -0.2) is 17.7 Å². The Bertz CT molecular complexity index is 335. The summed E-state index contributed by atoms with van der Waals surface area (Å²) in [6, 6.07) is 7.80. The highest BCUT2D eigenvalue weighted by atomic mass is 35.5. The van der Waals surface area contributed by atoms with E-state index in [4.69, 9.17) is 11.6 Å². The zero-order valence-corrected chi connectivity index (χ0v) is 12.2. The van der Waals surface area contributed by atoms with Crippen molar-refractivity contribution in [2.24, 2.45) is 5.92 Å². The Kier molecular flexibility index (Phi) is 6.69. The van der Waals surface area contributed by atoms with Gasteiger partial charge in [0.2, 0.25) is 0 Å². The Morgan fingerprint density at radius 3 is 2.22 bits per heavy atom. The number of aliphatic hydroxyl groups is 1. The number of nitrogens with one attached hydrogen (secondary N) is 1. The second-order valence-electron chi connectivity index (χ2n) is 4.84. The Labute approximate surface area is 115 Å². The van der Waals surface area contributed by atoms with E-state index in [9.17, 15) is 5.11 Å². The Morgan fingerprint density at radius 2 is 1.72 bits per heavy atom. The van der Waals surface area contributed by atoms with Crippen LogP contribution in [0.3, 0.4) is 0 Å². The molecule has 0 radical (unpaired) electrons. The van der Waals surface area contributed by atoms with Crippen molar-refractivity contribution in [1.82, 2.24) is 5.32 Å². The fourth-order valence-corrected chi connectivity index (χ4v) is 2.39. The fourth-order valence-electron chi connectivity index (χ4n) is 2.26. The normalized spacial score (nSPS) is 14.8. The number of aliphatic hydroxyl groups excluding tert-OH is 1. The summed E-state index contributed by atoms with van der Waals surface area (Å²) in [5.41, 5.74) is 0.906. The zero-order chi connectivity index (χ0) is 13.5. The van der Waals surface area contributed by atoms with Gasteiger partial charge in [0, 0.05) is 17.6 Å². The summed E-state index contributed by atoms with van der Waals surface area (Å²) in [4.78, 5) is 0. The van der Waals surface area contributed by atoms with E-state index in [0.29, 0.717) is 23.5 Å². The van der Waals surface area contributed by atoms with Crippen molar-refractivity contribution < 1.29 is 5.11 Å². The maximum Gasteiger partial charge on any atom is 0.0914 e. The number of halogens is 1. The van der Waals surface area contributed by atoms with E-state index in [2.05, 4.69) is 26.1 Å². The molecule has 0 aliphatic carbocycles. The number of rotatable bonds is 7. The minimum Gasteiger partial charge on any atom is -0.387 e. The zero-order valence-electron chi connectivity index (χ0n) is 11.5. The van der Waals surface area contributed by atoms with Crippen LogP contribution >= 0.6 is 11.6 Å². The third kappa shape index (κ3) is 4.60. The molecule has 3 heteroatoms. The van der Waals surface area contributed by atoms with Gasteiger partial charge >= 0.3 is 0 Å². The van der Waals surface area contributed by atoms with Crippen molar-refractivity contribution in [3.8, 4) is 0 Å². The minimum atomic E-state index is -0.473. The van der Waals surface area contributed by atoms with Crippen molar-refractivity contribution in [3.05, 3.63) is 34.9 Å². The van der Waals surface area contributed by atoms with E-state index in [-0.39, 0.29) is 0 Å². The molecule has 0 aliphatic rings. The monoisotopic (exact) mass is 269 g/mol. The van der Waals surface area contributed by atoms with Gasteiger partial charge in [-0.15, -0.1) is 0 Å². The molecule has 1 rings (SSSR count). The summed E-state index contributed by atoms with van der Waals surface area (Å²) in [7, 11) is 0. The summed E-state index contributed by atoms with van der Waals surface area (Å²) in [6.45, 7) is 7.19. The molecule has 0 fully saturated rings. The van der Waals surface area contributed by atoms with Crippen LogP contribution in [0.5, 0.6) is 0 Å². The summed E-state index contributed by atoms with van der Waals surface area (Å²) >= 11 is 5.83. The molecule has 2 N–H and O–H groups in total. The molecule has 1 aromatic rings. The van der Waals surface area contributed by atoms with Crippen molar-refractivity contribution in [1.29, 1.82) is 0 Å². The van der Waals surface area contributed by atoms with Gasteiger partial charge in [0.15, 0.2) is 0 Å². The molecular formula is C15H24ClNO. The van der Waals surface area contributed by atoms with Gasteiger partial charge in [0.1, 0.15) is 0 Å². The molecule has 0 spiro atoms. The first kappa shape index (κ1) is 15.5. The van der Waals surface area contributed by atoms with Crippen molar-refractivity contribution in [2.75, 3.05) is 6.54 Å². The van der Waals surface area contributed by atoms with Crippen LogP contribution in [0.25, 0.3) is 0 Å². The van der Waals surface area contributed by atoms with Crippen LogP contribution < -0.4 is 5.32 Å². The highest BCUT2D eigenvalue weighted by molar-refractivity contribution is 6.30. The maximum absolute atomic E-state index is 10.1. The van der Waals surface area contributed by atoms with Gasteiger partial charge in [-0.1, -0.05) is 50.4 Å². The molecule has 2 unspecified atom stereocenters. The largest absolute Gasteiger partial charge is 0.387 e. The van der Waals surface area contributed by atoms with E-state index in [1.54, 1.807) is 0 Å². The predicted octanol–water partition coefficient (Wildman–Crippen LogP) is 3.79. The summed E-state index contributed by atoms with van der Waals surface area (Å²) in [5, 5.41) is 14.2. The lowest BCUT2D eigenvalue weighted by molar-refractivity contribution is 0.164. The summed E-state index contributed by atoms with van der Waals surface area (Å²) in [6.07, 6.45) is 1.86. The quantitative estimate of drug-likeness (QED) is 0.789. The second kappa shape index (κ2) is 7.78. The average Bonchev–Trinajstić information content (AvgIpc) is 2.38. The maximum atomic E-state index is 10.1. The molecule has 1 aromatic carbocycles. The smallest absolute Gasteiger partial charge is 0.0914 e. The lowest BCUT2D eigenvalue weighted by atomic mass is 9.95. The molecule has 0 heterocycles. The van der Waals surface area contributed by atoms with Gasteiger partial charge in [-0.2, -0.15) is 0 Å². The van der Waals surface area contributed by atoms with E-state index in [1.165, 1.54) is 12.8 Å². The molecular weight excluding hydrogens is 246 g/mol. The lowest BCUT2D eigenvalue weighted by Crippen LogP contribution is -2.35. The Hall–Kier alpha value is -0.570. The molecule has 0 saturated carbocycles. The first-order valence-corrected chi connectivity index (χ1v) is 7.13. The van der Waals surface area contributed by atoms with Gasteiger partial charge in [-0.05, 0) is 30.5 Å². The number of benzene rings is 1. The number of hydrogen-bond donors (Lipinski definition) is 2. The fraction of sp³-hybridized carbons (Fsp3) is 0.600. The first-order valence-electron chi connectivity index (χ1n) is 6.75. The van der Waals surface area contributed by atoms with Crippen LogP contribution in [-0.2, 0) is 0 Å². The molecule has 0 amide bonds. The van der Waals surface area contributed by atoms with Crippen molar-refractivity contribution in [2.45, 2.75) is 45.8 Å². The minimum absolute atomic E-state index is 0.432. The van der Waals surface area contributed by atoms with Crippen molar-refractivity contribution >= 4 is 11.6 Å². The van der Waals surface area contributed by atoms with Gasteiger partial charge in [0.05, 0.1) is 6.10 Å². The van der Waals surface area contributed by atoms with Gasteiger partial charge in [0.25, 0.3) is 0 Å².